The molecule has 1 aliphatic heterocycles. The van der Waals surface area contributed by atoms with E-state index in [2.05, 4.69) is 15.6 Å². The minimum absolute atomic E-state index is 0.187. The second-order valence-electron chi connectivity index (χ2n) is 5.91. The quantitative estimate of drug-likeness (QED) is 0.747. The molecule has 1 aromatic heterocycles. The molecule has 0 radical (unpaired) electrons. The Morgan fingerprint density at radius 2 is 2.08 bits per heavy atom. The van der Waals surface area contributed by atoms with Gasteiger partial charge >= 0.3 is 0 Å². The van der Waals surface area contributed by atoms with Crippen molar-refractivity contribution in [1.82, 2.24) is 10.3 Å². The van der Waals surface area contributed by atoms with E-state index in [4.69, 9.17) is 0 Å². The van der Waals surface area contributed by atoms with E-state index in [0.29, 0.717) is 23.4 Å². The zero-order valence-electron chi connectivity index (χ0n) is 14.0. The monoisotopic (exact) mass is 364 g/mol. The Hall–Kier alpha value is -3.19. The molecule has 4 rings (SSSR count). The van der Waals surface area contributed by atoms with Crippen LogP contribution in [-0.4, -0.2) is 23.8 Å². The van der Waals surface area contributed by atoms with Crippen molar-refractivity contribution >= 4 is 40.2 Å². The number of thiazole rings is 1. The smallest absolute Gasteiger partial charge is 0.257 e. The molecule has 6 nitrogen and oxygen atoms in total. The minimum atomic E-state index is -0.195. The number of nitrogens with one attached hydrogen (secondary N) is 2. The molecule has 1 aliphatic rings. The van der Waals surface area contributed by atoms with Crippen LogP contribution in [0.25, 0.3) is 0 Å². The van der Waals surface area contributed by atoms with E-state index in [-0.39, 0.29) is 11.8 Å². The highest BCUT2D eigenvalue weighted by molar-refractivity contribution is 7.09. The van der Waals surface area contributed by atoms with E-state index >= 15 is 0 Å². The SMILES string of the molecule is CN1c2ccc(C(=O)NCc3cncs3)cc2NC(=O)c2ccccc21. The highest BCUT2D eigenvalue weighted by Crippen LogP contribution is 2.36. The first-order chi connectivity index (χ1) is 12.6. The van der Waals surface area contributed by atoms with E-state index in [1.807, 2.05) is 36.2 Å². The van der Waals surface area contributed by atoms with Gasteiger partial charge in [0.1, 0.15) is 0 Å². The number of para-hydroxylation sites is 1. The highest BCUT2D eigenvalue weighted by atomic mass is 32.1. The van der Waals surface area contributed by atoms with Gasteiger partial charge in [-0.2, -0.15) is 0 Å². The Morgan fingerprint density at radius 1 is 1.23 bits per heavy atom. The van der Waals surface area contributed by atoms with Crippen LogP contribution in [-0.2, 0) is 6.54 Å². The van der Waals surface area contributed by atoms with E-state index < -0.39 is 0 Å². The number of nitrogens with zero attached hydrogens (tertiary/aromatic N) is 2. The first-order valence-corrected chi connectivity index (χ1v) is 8.95. The van der Waals surface area contributed by atoms with Gasteiger partial charge in [-0.25, -0.2) is 0 Å². The Labute approximate surface area is 154 Å². The lowest BCUT2D eigenvalue weighted by molar-refractivity contribution is 0.0950. The predicted octanol–water partition coefficient (Wildman–Crippen LogP) is 3.41. The van der Waals surface area contributed by atoms with Crippen LogP contribution in [0.1, 0.15) is 25.6 Å². The largest absolute Gasteiger partial charge is 0.347 e. The minimum Gasteiger partial charge on any atom is -0.347 e. The fraction of sp³-hybridized carbons (Fsp3) is 0.105. The van der Waals surface area contributed by atoms with Crippen LogP contribution in [0.3, 0.4) is 0 Å². The summed E-state index contributed by atoms with van der Waals surface area (Å²) in [4.78, 5) is 31.9. The molecule has 0 atom stereocenters. The molecule has 0 bridgehead atoms. The average Bonchev–Trinajstić information content (AvgIpc) is 3.15. The van der Waals surface area contributed by atoms with Gasteiger partial charge in [-0.1, -0.05) is 12.1 Å². The molecule has 130 valence electrons. The van der Waals surface area contributed by atoms with E-state index in [0.717, 1.165) is 16.3 Å². The zero-order valence-corrected chi connectivity index (χ0v) is 14.8. The van der Waals surface area contributed by atoms with Gasteiger partial charge in [0.05, 0.1) is 34.7 Å². The van der Waals surface area contributed by atoms with E-state index in [9.17, 15) is 9.59 Å². The number of hydrogen-bond donors (Lipinski definition) is 2. The molecule has 7 heteroatoms. The number of amides is 2. The number of hydrogen-bond acceptors (Lipinski definition) is 5. The number of benzene rings is 2. The van der Waals surface area contributed by atoms with Crippen LogP contribution in [0, 0.1) is 0 Å². The zero-order chi connectivity index (χ0) is 18.1. The molecule has 0 unspecified atom stereocenters. The molecule has 0 fully saturated rings. The number of aromatic nitrogens is 1. The molecule has 0 spiro atoms. The summed E-state index contributed by atoms with van der Waals surface area (Å²) >= 11 is 1.49. The van der Waals surface area contributed by atoms with Crippen molar-refractivity contribution in [1.29, 1.82) is 0 Å². The molecule has 0 saturated carbocycles. The van der Waals surface area contributed by atoms with Crippen LogP contribution < -0.4 is 15.5 Å². The molecular weight excluding hydrogens is 348 g/mol. The number of carbonyl (C=O) groups is 2. The summed E-state index contributed by atoms with van der Waals surface area (Å²) in [5.41, 5.74) is 5.09. The summed E-state index contributed by atoms with van der Waals surface area (Å²) < 4.78 is 0. The van der Waals surface area contributed by atoms with Gasteiger partial charge < -0.3 is 15.5 Å². The van der Waals surface area contributed by atoms with Crippen LogP contribution in [0.2, 0.25) is 0 Å². The first kappa shape index (κ1) is 16.3. The molecule has 0 saturated heterocycles. The topological polar surface area (TPSA) is 74.3 Å². The van der Waals surface area contributed by atoms with Crippen molar-refractivity contribution in [2.75, 3.05) is 17.3 Å². The Bertz CT molecular complexity index is 985. The van der Waals surface area contributed by atoms with Crippen molar-refractivity contribution < 1.29 is 9.59 Å². The van der Waals surface area contributed by atoms with Crippen LogP contribution in [0.5, 0.6) is 0 Å². The van der Waals surface area contributed by atoms with Crippen LogP contribution >= 0.6 is 11.3 Å². The Morgan fingerprint density at radius 3 is 2.88 bits per heavy atom. The third-order valence-corrected chi connectivity index (χ3v) is 5.06. The molecule has 26 heavy (non-hydrogen) atoms. The van der Waals surface area contributed by atoms with Gasteiger partial charge in [-0.05, 0) is 30.3 Å². The van der Waals surface area contributed by atoms with Gasteiger partial charge in [0.25, 0.3) is 11.8 Å². The van der Waals surface area contributed by atoms with Gasteiger partial charge in [0, 0.05) is 23.7 Å². The third kappa shape index (κ3) is 2.93. The van der Waals surface area contributed by atoms with Crippen LogP contribution in [0.4, 0.5) is 17.1 Å². The summed E-state index contributed by atoms with van der Waals surface area (Å²) in [6.07, 6.45) is 1.73. The van der Waals surface area contributed by atoms with Gasteiger partial charge in [-0.3, -0.25) is 14.6 Å². The normalized spacial score (nSPS) is 12.7. The number of rotatable bonds is 3. The van der Waals surface area contributed by atoms with Crippen molar-refractivity contribution in [3.05, 3.63) is 70.2 Å². The summed E-state index contributed by atoms with van der Waals surface area (Å²) in [5.74, 6) is -0.381. The molecule has 0 aliphatic carbocycles. The van der Waals surface area contributed by atoms with Gasteiger partial charge in [-0.15, -0.1) is 11.3 Å². The Balaban J connectivity index is 1.62. The maximum atomic E-state index is 12.5. The summed E-state index contributed by atoms with van der Waals surface area (Å²) in [6.45, 7) is 0.429. The fourth-order valence-electron chi connectivity index (χ4n) is 2.95. The second-order valence-corrected chi connectivity index (χ2v) is 6.88. The van der Waals surface area contributed by atoms with E-state index in [1.165, 1.54) is 11.3 Å². The number of anilines is 3. The lowest BCUT2D eigenvalue weighted by Gasteiger charge is -2.21. The maximum Gasteiger partial charge on any atom is 0.257 e. The van der Waals surface area contributed by atoms with Crippen molar-refractivity contribution in [2.24, 2.45) is 0 Å². The summed E-state index contributed by atoms with van der Waals surface area (Å²) in [5, 5.41) is 5.77. The lowest BCUT2D eigenvalue weighted by atomic mass is 10.1. The summed E-state index contributed by atoms with van der Waals surface area (Å²) in [6, 6.07) is 12.7. The van der Waals surface area contributed by atoms with E-state index in [1.54, 1.807) is 29.9 Å². The molecule has 2 amide bonds. The molecule has 2 N–H and O–H groups in total. The molecule has 3 aromatic rings. The van der Waals surface area contributed by atoms with Crippen molar-refractivity contribution in [3.8, 4) is 0 Å². The van der Waals surface area contributed by atoms with Crippen LogP contribution in [0.15, 0.2) is 54.2 Å². The van der Waals surface area contributed by atoms with Crippen molar-refractivity contribution in [2.45, 2.75) is 6.54 Å². The maximum absolute atomic E-state index is 12.5. The molecule has 2 heterocycles. The van der Waals surface area contributed by atoms with Gasteiger partial charge in [0.15, 0.2) is 0 Å². The lowest BCUT2D eigenvalue weighted by Crippen LogP contribution is -2.22. The fourth-order valence-corrected chi connectivity index (χ4v) is 3.48. The third-order valence-electron chi connectivity index (χ3n) is 4.28. The van der Waals surface area contributed by atoms with Gasteiger partial charge in [0.2, 0.25) is 0 Å². The standard InChI is InChI=1S/C19H16N4O2S/c1-23-16-5-3-2-4-14(16)19(25)22-15-8-12(6-7-17(15)23)18(24)21-10-13-9-20-11-26-13/h2-9,11H,10H2,1H3,(H,21,24)(H,22,25). The number of fused-ring (bicyclic) bond motifs is 2. The summed E-state index contributed by atoms with van der Waals surface area (Å²) in [7, 11) is 1.90. The highest BCUT2D eigenvalue weighted by Gasteiger charge is 2.23. The molecule has 2 aromatic carbocycles. The van der Waals surface area contributed by atoms with Crippen molar-refractivity contribution in [3.63, 3.8) is 0 Å². The average molecular weight is 364 g/mol. The first-order valence-electron chi connectivity index (χ1n) is 8.07. The second kappa shape index (κ2) is 6.61. The Kier molecular flexibility index (Phi) is 4.14. The molecular formula is C19H16N4O2S. The number of carbonyl (C=O) groups excluding carboxylic acids is 2. The predicted molar refractivity (Wildman–Crippen MR) is 102 cm³/mol.